The molecule has 2 atom stereocenters. The number of carbonyl (C=O) groups is 2. The molecule has 2 aromatic carbocycles. The van der Waals surface area contributed by atoms with Gasteiger partial charge in [0.25, 0.3) is 0 Å². The summed E-state index contributed by atoms with van der Waals surface area (Å²) in [7, 11) is 0. The number of hydrogen-bond acceptors (Lipinski definition) is 4. The summed E-state index contributed by atoms with van der Waals surface area (Å²) in [5.41, 5.74) is -1.34. The highest BCUT2D eigenvalue weighted by Gasteiger charge is 2.48. The number of rotatable bonds is 5. The number of ether oxygens (including phenoxy) is 1. The van der Waals surface area contributed by atoms with Crippen molar-refractivity contribution >= 4 is 28.9 Å². The van der Waals surface area contributed by atoms with Crippen LogP contribution in [0.2, 0.25) is 0 Å². The highest BCUT2D eigenvalue weighted by molar-refractivity contribution is 5.94. The van der Waals surface area contributed by atoms with Gasteiger partial charge in [0.05, 0.1) is 6.42 Å². The molecule has 0 bridgehead atoms. The van der Waals surface area contributed by atoms with E-state index in [1.165, 1.54) is 6.21 Å². The van der Waals surface area contributed by atoms with Gasteiger partial charge in [-0.15, -0.1) is 0 Å². The molecule has 0 saturated carbocycles. The molecule has 0 fully saturated rings. The van der Waals surface area contributed by atoms with Crippen molar-refractivity contribution in [2.24, 2.45) is 4.99 Å². The van der Waals surface area contributed by atoms with E-state index < -0.39 is 29.0 Å². The number of aliphatic imine (C=N–C) groups is 1. The Labute approximate surface area is 158 Å². The molecule has 1 heterocycles. The summed E-state index contributed by atoms with van der Waals surface area (Å²) in [6.07, 6.45) is 4.60. The van der Waals surface area contributed by atoms with Crippen molar-refractivity contribution in [2.75, 3.05) is 0 Å². The average Bonchev–Trinajstić information content (AvgIpc) is 3.08. The van der Waals surface area contributed by atoms with Crippen molar-refractivity contribution in [1.29, 1.82) is 0 Å². The first kappa shape index (κ1) is 18.8. The minimum absolute atomic E-state index is 0.237. The fourth-order valence-electron chi connectivity index (χ4n) is 3.35. The number of esters is 1. The third-order valence-electron chi connectivity index (χ3n) is 4.54. The topological polar surface area (TPSA) is 76.0 Å². The number of nitrogens with zero attached hydrogens (tertiary/aromatic N) is 1. The van der Waals surface area contributed by atoms with Gasteiger partial charge in [-0.3, -0.25) is 9.79 Å². The zero-order valence-electron chi connectivity index (χ0n) is 15.7. The van der Waals surface area contributed by atoms with Crippen LogP contribution < -0.4 is 0 Å². The molecule has 5 heteroatoms. The van der Waals surface area contributed by atoms with Crippen LogP contribution >= 0.6 is 0 Å². The predicted octanol–water partition coefficient (Wildman–Crippen LogP) is 4.12. The second-order valence-electron chi connectivity index (χ2n) is 7.72. The van der Waals surface area contributed by atoms with E-state index in [0.29, 0.717) is 0 Å². The second kappa shape index (κ2) is 6.99. The number of carboxylic acids is 1. The lowest BCUT2D eigenvalue weighted by molar-refractivity contribution is -0.160. The first-order valence-corrected chi connectivity index (χ1v) is 8.88. The molecule has 3 rings (SSSR count). The highest BCUT2D eigenvalue weighted by Crippen LogP contribution is 2.40. The number of carboxylic acid groups (broad SMARTS) is 1. The zero-order chi connectivity index (χ0) is 19.7. The van der Waals surface area contributed by atoms with E-state index in [4.69, 9.17) is 4.74 Å². The summed E-state index contributed by atoms with van der Waals surface area (Å²) in [5.74, 6) is -2.21. The first-order valence-electron chi connectivity index (χ1n) is 8.88. The number of hydrogen-bond donors (Lipinski definition) is 1. The van der Waals surface area contributed by atoms with Crippen LogP contribution in [0.3, 0.4) is 0 Å². The fourth-order valence-corrected chi connectivity index (χ4v) is 3.35. The molecule has 0 spiro atoms. The van der Waals surface area contributed by atoms with E-state index in [2.05, 4.69) is 4.99 Å². The Morgan fingerprint density at radius 2 is 1.85 bits per heavy atom. The maximum Gasteiger partial charge on any atom is 0.339 e. The summed E-state index contributed by atoms with van der Waals surface area (Å²) >= 11 is 0. The smallest absolute Gasteiger partial charge is 0.339 e. The van der Waals surface area contributed by atoms with Crippen LogP contribution in [0.1, 0.15) is 38.7 Å². The molecule has 0 saturated heterocycles. The fraction of sp³-hybridized carbons (Fsp3) is 0.318. The highest BCUT2D eigenvalue weighted by atomic mass is 16.6. The maximum absolute atomic E-state index is 13.1. The Morgan fingerprint density at radius 1 is 1.15 bits per heavy atom. The minimum Gasteiger partial charge on any atom is -0.481 e. The quantitative estimate of drug-likeness (QED) is 0.809. The average molecular weight is 365 g/mol. The Balaban J connectivity index is 2.11. The van der Waals surface area contributed by atoms with Gasteiger partial charge in [0.15, 0.2) is 5.54 Å². The van der Waals surface area contributed by atoms with Gasteiger partial charge in [0.2, 0.25) is 0 Å². The number of carbonyl (C=O) groups excluding carboxylic acids is 1. The van der Waals surface area contributed by atoms with Crippen molar-refractivity contribution in [1.82, 2.24) is 0 Å². The largest absolute Gasteiger partial charge is 0.481 e. The summed E-state index contributed by atoms with van der Waals surface area (Å²) < 4.78 is 5.60. The SMILES string of the molecule is CC(C)(C)OC(=O)C1(C(CC(=O)O)c2ccc3ccccc3c2)C=CC=N1. The van der Waals surface area contributed by atoms with Gasteiger partial charge in [0.1, 0.15) is 5.60 Å². The zero-order valence-corrected chi connectivity index (χ0v) is 15.7. The Hall–Kier alpha value is -2.95. The van der Waals surface area contributed by atoms with E-state index in [0.717, 1.165) is 16.3 Å². The molecule has 0 aliphatic carbocycles. The molecule has 0 radical (unpaired) electrons. The molecule has 27 heavy (non-hydrogen) atoms. The Morgan fingerprint density at radius 3 is 2.44 bits per heavy atom. The summed E-state index contributed by atoms with van der Waals surface area (Å²) in [4.78, 5) is 29.1. The standard InChI is InChI=1S/C22H23NO4/c1-21(2,3)27-20(26)22(11-6-12-23-22)18(14-19(24)25)17-10-9-15-7-4-5-8-16(15)13-17/h4-13,18H,14H2,1-3H3,(H,24,25). The van der Waals surface area contributed by atoms with Gasteiger partial charge in [-0.2, -0.15) is 0 Å². The van der Waals surface area contributed by atoms with Crippen LogP contribution in [-0.4, -0.2) is 34.4 Å². The molecular weight excluding hydrogens is 342 g/mol. The molecule has 140 valence electrons. The lowest BCUT2D eigenvalue weighted by Crippen LogP contribution is -2.45. The van der Waals surface area contributed by atoms with Crippen LogP contribution in [0.4, 0.5) is 0 Å². The minimum atomic E-state index is -1.38. The third-order valence-corrected chi connectivity index (χ3v) is 4.54. The van der Waals surface area contributed by atoms with Crippen LogP contribution in [0.15, 0.2) is 59.6 Å². The van der Waals surface area contributed by atoms with Crippen LogP contribution in [0.25, 0.3) is 10.8 Å². The summed E-state index contributed by atoms with van der Waals surface area (Å²) in [5, 5.41) is 11.5. The molecule has 1 N–H and O–H groups in total. The van der Waals surface area contributed by atoms with Crippen molar-refractivity contribution in [3.05, 3.63) is 60.2 Å². The summed E-state index contributed by atoms with van der Waals surface area (Å²) in [6, 6.07) is 13.6. The van der Waals surface area contributed by atoms with E-state index in [1.54, 1.807) is 32.9 Å². The third kappa shape index (κ3) is 3.92. The van der Waals surface area contributed by atoms with Gasteiger partial charge < -0.3 is 9.84 Å². The van der Waals surface area contributed by atoms with Crippen molar-refractivity contribution in [3.63, 3.8) is 0 Å². The molecule has 0 aromatic heterocycles. The van der Waals surface area contributed by atoms with E-state index in [9.17, 15) is 14.7 Å². The lowest BCUT2D eigenvalue weighted by atomic mass is 9.77. The number of allylic oxidation sites excluding steroid dienone is 1. The van der Waals surface area contributed by atoms with E-state index in [1.807, 2.05) is 42.5 Å². The predicted molar refractivity (Wildman–Crippen MR) is 105 cm³/mol. The molecule has 2 unspecified atom stereocenters. The molecule has 0 amide bonds. The lowest BCUT2D eigenvalue weighted by Gasteiger charge is -2.34. The van der Waals surface area contributed by atoms with Crippen molar-refractivity contribution in [2.45, 2.75) is 44.2 Å². The maximum atomic E-state index is 13.1. The number of fused-ring (bicyclic) bond motifs is 1. The molecule has 2 aromatic rings. The number of aliphatic carboxylic acids is 1. The van der Waals surface area contributed by atoms with Gasteiger partial charge in [-0.1, -0.05) is 42.5 Å². The van der Waals surface area contributed by atoms with Crippen LogP contribution in [0.5, 0.6) is 0 Å². The first-order chi connectivity index (χ1) is 12.7. The van der Waals surface area contributed by atoms with Crippen LogP contribution in [-0.2, 0) is 14.3 Å². The normalized spacial score (nSPS) is 20.0. The van der Waals surface area contributed by atoms with Gasteiger partial charge in [0, 0.05) is 12.1 Å². The number of benzene rings is 2. The monoisotopic (exact) mass is 365 g/mol. The van der Waals surface area contributed by atoms with Gasteiger partial charge in [-0.05, 0) is 49.3 Å². The van der Waals surface area contributed by atoms with E-state index in [-0.39, 0.29) is 6.42 Å². The van der Waals surface area contributed by atoms with E-state index >= 15 is 0 Å². The van der Waals surface area contributed by atoms with Crippen molar-refractivity contribution < 1.29 is 19.4 Å². The Kier molecular flexibility index (Phi) is 4.87. The van der Waals surface area contributed by atoms with Crippen molar-refractivity contribution in [3.8, 4) is 0 Å². The Bertz CT molecular complexity index is 925. The van der Waals surface area contributed by atoms with Crippen LogP contribution in [0, 0.1) is 0 Å². The molecule has 5 nitrogen and oxygen atoms in total. The second-order valence-corrected chi connectivity index (χ2v) is 7.72. The molecular formula is C22H23NO4. The summed E-state index contributed by atoms with van der Waals surface area (Å²) in [6.45, 7) is 5.34. The molecule has 1 aliphatic rings. The molecule has 1 aliphatic heterocycles. The van der Waals surface area contributed by atoms with Gasteiger partial charge in [-0.25, -0.2) is 4.79 Å². The van der Waals surface area contributed by atoms with Gasteiger partial charge >= 0.3 is 11.9 Å².